The number of rotatable bonds is 3. The lowest BCUT2D eigenvalue weighted by Gasteiger charge is -2.09. The molecular weight excluding hydrogens is 388 g/mol. The summed E-state index contributed by atoms with van der Waals surface area (Å²) in [5, 5.41) is 0. The second kappa shape index (κ2) is 8.54. The van der Waals surface area contributed by atoms with Gasteiger partial charge in [-0.05, 0) is 52.9 Å². The van der Waals surface area contributed by atoms with E-state index in [9.17, 15) is 17.6 Å². The van der Waals surface area contributed by atoms with Crippen LogP contribution in [0, 0.1) is 30.2 Å². The highest BCUT2D eigenvalue weighted by Crippen LogP contribution is 2.31. The molecule has 0 aliphatic heterocycles. The largest absolute Gasteiger partial charge is 0.206 e. The fourth-order valence-corrected chi connectivity index (χ4v) is 3.24. The first kappa shape index (κ1) is 21.3. The highest BCUT2D eigenvalue weighted by atomic mass is 19.2. The quantitative estimate of drug-likeness (QED) is 0.237. The number of benzene rings is 4. The van der Waals surface area contributed by atoms with E-state index >= 15 is 0 Å². The normalized spacial score (nSPS) is 10.6. The average Bonchev–Trinajstić information content (AvgIpc) is 2.72. The molecule has 0 fully saturated rings. The molecule has 4 aromatic carbocycles. The Morgan fingerprint density at radius 3 is 1.37 bits per heavy atom. The molecule has 152 valence electrons. The first-order valence-electron chi connectivity index (χ1n) is 9.04. The van der Waals surface area contributed by atoms with Gasteiger partial charge in [-0.1, -0.05) is 73.7 Å². The molecule has 30 heavy (non-hydrogen) atoms. The maximum Gasteiger partial charge on any atom is 0.194 e. The molecule has 4 aromatic rings. The van der Waals surface area contributed by atoms with E-state index in [0.717, 1.165) is 28.8 Å². The van der Waals surface area contributed by atoms with Crippen LogP contribution >= 0.6 is 0 Å². The van der Waals surface area contributed by atoms with Gasteiger partial charge in [0.2, 0.25) is 0 Å². The molecule has 0 aliphatic rings. The molecule has 0 N–H and O–H groups in total. The van der Waals surface area contributed by atoms with Crippen molar-refractivity contribution in [3.63, 3.8) is 0 Å². The van der Waals surface area contributed by atoms with E-state index < -0.39 is 23.3 Å². The van der Waals surface area contributed by atoms with Gasteiger partial charge in [0.1, 0.15) is 5.82 Å². The molecule has 0 unspecified atom stereocenters. The summed E-state index contributed by atoms with van der Waals surface area (Å²) >= 11 is 0. The molecule has 0 saturated carbocycles. The van der Waals surface area contributed by atoms with Crippen molar-refractivity contribution in [2.45, 2.75) is 14.4 Å². The summed E-state index contributed by atoms with van der Waals surface area (Å²) in [7, 11) is 0. The predicted octanol–water partition coefficient (Wildman–Crippen LogP) is 8.19. The van der Waals surface area contributed by atoms with Gasteiger partial charge >= 0.3 is 0 Å². The Labute approximate surface area is 173 Å². The molecule has 0 aliphatic carbocycles. The van der Waals surface area contributed by atoms with Crippen molar-refractivity contribution in [2.75, 3.05) is 0 Å². The fourth-order valence-electron chi connectivity index (χ4n) is 3.24. The van der Waals surface area contributed by atoms with Crippen molar-refractivity contribution in [3.8, 4) is 33.4 Å². The van der Waals surface area contributed by atoms with E-state index in [-0.39, 0.29) is 18.6 Å². The standard InChI is InChI=1S/C25H16F4.CH4/c1-15-2-4-16(5-3-15)17-6-8-18(9-7-17)19-10-11-21(22(26)12-19)20-13-23(27)25(29)24(28)14-20;/h2-14H,1H3;1H4. The van der Waals surface area contributed by atoms with Gasteiger partial charge in [0.15, 0.2) is 17.5 Å². The van der Waals surface area contributed by atoms with E-state index in [4.69, 9.17) is 0 Å². The maximum atomic E-state index is 14.6. The lowest BCUT2D eigenvalue weighted by Crippen LogP contribution is -1.94. The Hall–Kier alpha value is -3.40. The molecule has 4 rings (SSSR count). The Bertz CT molecular complexity index is 1150. The number of halogens is 4. The fraction of sp³-hybridized carbons (Fsp3) is 0.0769. The Balaban J connectivity index is 0.00000256. The Morgan fingerprint density at radius 2 is 0.867 bits per heavy atom. The lowest BCUT2D eigenvalue weighted by atomic mass is 9.97. The summed E-state index contributed by atoms with van der Waals surface area (Å²) in [6.07, 6.45) is 0. The molecule has 0 nitrogen and oxygen atoms in total. The first-order chi connectivity index (χ1) is 13.9. The molecule has 0 spiro atoms. The van der Waals surface area contributed by atoms with Crippen LogP contribution in [0.3, 0.4) is 0 Å². The summed E-state index contributed by atoms with van der Waals surface area (Å²) in [6.45, 7) is 2.03. The smallest absolute Gasteiger partial charge is 0.194 e. The summed E-state index contributed by atoms with van der Waals surface area (Å²) < 4.78 is 54.7. The molecule has 0 atom stereocenters. The Kier molecular flexibility index (Phi) is 6.06. The highest BCUT2D eigenvalue weighted by Gasteiger charge is 2.14. The zero-order valence-electron chi connectivity index (χ0n) is 15.5. The van der Waals surface area contributed by atoms with E-state index in [1.54, 1.807) is 6.07 Å². The van der Waals surface area contributed by atoms with Crippen LogP contribution in [0.1, 0.15) is 13.0 Å². The SMILES string of the molecule is C.Cc1ccc(-c2ccc(-c3ccc(-c4cc(F)c(F)c(F)c4)c(F)c3)cc2)cc1. The minimum absolute atomic E-state index is 0. The molecule has 0 radical (unpaired) electrons. The summed E-state index contributed by atoms with van der Waals surface area (Å²) in [6, 6.07) is 21.8. The third kappa shape index (κ3) is 4.13. The van der Waals surface area contributed by atoms with Crippen LogP contribution < -0.4 is 0 Å². The first-order valence-corrected chi connectivity index (χ1v) is 9.04. The minimum Gasteiger partial charge on any atom is -0.206 e. The summed E-state index contributed by atoms with van der Waals surface area (Å²) in [5.74, 6) is -4.92. The molecule has 4 heteroatoms. The van der Waals surface area contributed by atoms with Crippen LogP contribution in [0.25, 0.3) is 33.4 Å². The van der Waals surface area contributed by atoms with Gasteiger partial charge in [0.05, 0.1) is 0 Å². The van der Waals surface area contributed by atoms with Crippen LogP contribution in [0.15, 0.2) is 78.9 Å². The third-order valence-corrected chi connectivity index (χ3v) is 4.87. The van der Waals surface area contributed by atoms with E-state index in [2.05, 4.69) is 0 Å². The number of aryl methyl sites for hydroxylation is 1. The molecular formula is C26H20F4. The van der Waals surface area contributed by atoms with Gasteiger partial charge in [0.25, 0.3) is 0 Å². The van der Waals surface area contributed by atoms with Crippen molar-refractivity contribution in [1.29, 1.82) is 0 Å². The zero-order chi connectivity index (χ0) is 20.5. The van der Waals surface area contributed by atoms with E-state index in [1.165, 1.54) is 17.7 Å². The topological polar surface area (TPSA) is 0 Å². The average molecular weight is 408 g/mol. The number of hydrogen-bond acceptors (Lipinski definition) is 0. The van der Waals surface area contributed by atoms with Gasteiger partial charge in [-0.3, -0.25) is 0 Å². The van der Waals surface area contributed by atoms with Crippen LogP contribution in [0.5, 0.6) is 0 Å². The number of hydrogen-bond donors (Lipinski definition) is 0. The van der Waals surface area contributed by atoms with Crippen LogP contribution in [-0.2, 0) is 0 Å². The van der Waals surface area contributed by atoms with Gasteiger partial charge in [0, 0.05) is 5.56 Å². The second-order valence-corrected chi connectivity index (χ2v) is 6.89. The van der Waals surface area contributed by atoms with Crippen molar-refractivity contribution in [3.05, 3.63) is 108 Å². The predicted molar refractivity (Wildman–Crippen MR) is 114 cm³/mol. The molecule has 0 heterocycles. The van der Waals surface area contributed by atoms with Crippen molar-refractivity contribution >= 4 is 0 Å². The van der Waals surface area contributed by atoms with Gasteiger partial charge < -0.3 is 0 Å². The van der Waals surface area contributed by atoms with Crippen molar-refractivity contribution in [2.24, 2.45) is 0 Å². The van der Waals surface area contributed by atoms with Gasteiger partial charge in [-0.15, -0.1) is 0 Å². The minimum atomic E-state index is -1.57. The van der Waals surface area contributed by atoms with Crippen LogP contribution in [-0.4, -0.2) is 0 Å². The summed E-state index contributed by atoms with van der Waals surface area (Å²) in [4.78, 5) is 0. The van der Waals surface area contributed by atoms with Crippen molar-refractivity contribution in [1.82, 2.24) is 0 Å². The highest BCUT2D eigenvalue weighted by molar-refractivity contribution is 5.73. The van der Waals surface area contributed by atoms with E-state index in [0.29, 0.717) is 5.56 Å². The van der Waals surface area contributed by atoms with E-state index in [1.807, 2.05) is 55.5 Å². The van der Waals surface area contributed by atoms with Crippen LogP contribution in [0.2, 0.25) is 0 Å². The van der Waals surface area contributed by atoms with Crippen molar-refractivity contribution < 1.29 is 17.6 Å². The monoisotopic (exact) mass is 408 g/mol. The molecule has 0 aromatic heterocycles. The lowest BCUT2D eigenvalue weighted by molar-refractivity contribution is 0.447. The Morgan fingerprint density at radius 1 is 0.467 bits per heavy atom. The van der Waals surface area contributed by atoms with Gasteiger partial charge in [-0.2, -0.15) is 0 Å². The molecule has 0 amide bonds. The zero-order valence-corrected chi connectivity index (χ0v) is 15.5. The summed E-state index contributed by atoms with van der Waals surface area (Å²) in [5.41, 5.74) is 4.70. The van der Waals surface area contributed by atoms with Crippen LogP contribution in [0.4, 0.5) is 17.6 Å². The third-order valence-electron chi connectivity index (χ3n) is 4.87. The molecule has 0 bridgehead atoms. The van der Waals surface area contributed by atoms with Gasteiger partial charge in [-0.25, -0.2) is 17.6 Å². The molecule has 0 saturated heterocycles. The maximum absolute atomic E-state index is 14.6. The second-order valence-electron chi connectivity index (χ2n) is 6.89.